The largest absolute Gasteiger partial charge is 0.287 e. The third kappa shape index (κ3) is 4.13. The lowest BCUT2D eigenvalue weighted by molar-refractivity contribution is -0.110. The Morgan fingerprint density at radius 2 is 2.00 bits per heavy atom. The lowest BCUT2D eigenvalue weighted by Gasteiger charge is -1.99. The Balaban J connectivity index is 2.24. The van der Waals surface area contributed by atoms with Gasteiger partial charge in [-0.2, -0.15) is 0 Å². The van der Waals surface area contributed by atoms with E-state index < -0.39 is 0 Å². The number of aryl methyl sites for hydroxylation is 1. The van der Waals surface area contributed by atoms with Crippen LogP contribution in [0.15, 0.2) is 30.3 Å². The average molecular weight is 194 g/mol. The average Bonchev–Trinajstić information content (AvgIpc) is 2.19. The summed E-state index contributed by atoms with van der Waals surface area (Å²) >= 11 is 1.43. The number of carbonyl (C=O) groups excluding carboxylic acids is 1. The van der Waals surface area contributed by atoms with Crippen LogP contribution >= 0.6 is 11.8 Å². The lowest BCUT2D eigenvalue weighted by atomic mass is 10.2. The van der Waals surface area contributed by atoms with Crippen LogP contribution in [-0.4, -0.2) is 10.9 Å². The minimum absolute atomic E-state index is 0.288. The predicted molar refractivity (Wildman–Crippen MR) is 57.9 cm³/mol. The van der Waals surface area contributed by atoms with Crippen LogP contribution < -0.4 is 0 Å². The second kappa shape index (κ2) is 5.81. The van der Waals surface area contributed by atoms with Gasteiger partial charge in [-0.15, -0.1) is 0 Å². The summed E-state index contributed by atoms with van der Waals surface area (Å²) < 4.78 is 0. The zero-order valence-electron chi connectivity index (χ0n) is 7.82. The highest BCUT2D eigenvalue weighted by Gasteiger charge is 1.98. The summed E-state index contributed by atoms with van der Waals surface area (Å²) in [7, 11) is 0. The van der Waals surface area contributed by atoms with E-state index in [0.29, 0.717) is 6.42 Å². The van der Waals surface area contributed by atoms with E-state index in [0.717, 1.165) is 12.2 Å². The summed E-state index contributed by atoms with van der Waals surface area (Å²) in [6, 6.07) is 10.3. The SMILES string of the molecule is CCC(=O)SCCc1ccccc1. The minimum atomic E-state index is 0.288. The van der Waals surface area contributed by atoms with Crippen LogP contribution in [0.3, 0.4) is 0 Å². The molecular weight excluding hydrogens is 180 g/mol. The highest BCUT2D eigenvalue weighted by atomic mass is 32.2. The van der Waals surface area contributed by atoms with Gasteiger partial charge >= 0.3 is 0 Å². The van der Waals surface area contributed by atoms with Gasteiger partial charge in [0, 0.05) is 12.2 Å². The molecule has 0 spiro atoms. The molecule has 70 valence electrons. The van der Waals surface area contributed by atoms with Gasteiger partial charge in [-0.3, -0.25) is 4.79 Å². The molecule has 0 radical (unpaired) electrons. The van der Waals surface area contributed by atoms with Gasteiger partial charge in [-0.1, -0.05) is 49.0 Å². The van der Waals surface area contributed by atoms with Crippen LogP contribution in [0.5, 0.6) is 0 Å². The monoisotopic (exact) mass is 194 g/mol. The molecular formula is C11H14OS. The zero-order chi connectivity index (χ0) is 9.52. The van der Waals surface area contributed by atoms with Crippen LogP contribution in [0, 0.1) is 0 Å². The molecule has 0 saturated heterocycles. The van der Waals surface area contributed by atoms with Crippen molar-refractivity contribution in [3.05, 3.63) is 35.9 Å². The van der Waals surface area contributed by atoms with Gasteiger partial charge in [0.1, 0.15) is 0 Å². The van der Waals surface area contributed by atoms with Crippen LogP contribution in [0.4, 0.5) is 0 Å². The highest BCUT2D eigenvalue weighted by molar-refractivity contribution is 8.13. The van der Waals surface area contributed by atoms with Crippen LogP contribution in [-0.2, 0) is 11.2 Å². The van der Waals surface area contributed by atoms with Crippen molar-refractivity contribution >= 4 is 16.9 Å². The first kappa shape index (κ1) is 10.3. The summed E-state index contributed by atoms with van der Waals surface area (Å²) in [5.74, 6) is 0.899. The van der Waals surface area contributed by atoms with Crippen molar-refractivity contribution in [2.75, 3.05) is 5.75 Å². The van der Waals surface area contributed by atoms with E-state index in [1.165, 1.54) is 17.3 Å². The van der Waals surface area contributed by atoms with E-state index >= 15 is 0 Å². The summed E-state index contributed by atoms with van der Waals surface area (Å²) in [6.45, 7) is 1.90. The standard InChI is InChI=1S/C11H14OS/c1-2-11(12)13-9-8-10-6-4-3-5-7-10/h3-7H,2,8-9H2,1H3. The number of hydrogen-bond donors (Lipinski definition) is 0. The molecule has 0 atom stereocenters. The van der Waals surface area contributed by atoms with E-state index in [1.54, 1.807) is 0 Å². The second-order valence-electron chi connectivity index (χ2n) is 2.81. The Morgan fingerprint density at radius 3 is 2.62 bits per heavy atom. The van der Waals surface area contributed by atoms with Gasteiger partial charge in [-0.05, 0) is 12.0 Å². The molecule has 1 aromatic rings. The normalized spacial score (nSPS) is 9.92. The number of rotatable bonds is 4. The molecule has 0 heterocycles. The Kier molecular flexibility index (Phi) is 4.61. The fourth-order valence-electron chi connectivity index (χ4n) is 1.03. The lowest BCUT2D eigenvalue weighted by Crippen LogP contribution is -1.93. The number of hydrogen-bond acceptors (Lipinski definition) is 2. The number of thioether (sulfide) groups is 1. The molecule has 0 fully saturated rings. The highest BCUT2D eigenvalue weighted by Crippen LogP contribution is 2.09. The van der Waals surface area contributed by atoms with Crippen LogP contribution in [0.25, 0.3) is 0 Å². The van der Waals surface area contributed by atoms with Crippen molar-refractivity contribution in [2.45, 2.75) is 19.8 Å². The van der Waals surface area contributed by atoms with Gasteiger partial charge in [0.15, 0.2) is 5.12 Å². The van der Waals surface area contributed by atoms with Crippen molar-refractivity contribution in [3.63, 3.8) is 0 Å². The molecule has 1 nitrogen and oxygen atoms in total. The van der Waals surface area contributed by atoms with Crippen molar-refractivity contribution in [3.8, 4) is 0 Å². The fourth-order valence-corrected chi connectivity index (χ4v) is 1.80. The topological polar surface area (TPSA) is 17.1 Å². The van der Waals surface area contributed by atoms with Crippen molar-refractivity contribution in [2.24, 2.45) is 0 Å². The van der Waals surface area contributed by atoms with Gasteiger partial charge in [0.2, 0.25) is 0 Å². The first-order chi connectivity index (χ1) is 6.33. The predicted octanol–water partition coefficient (Wildman–Crippen LogP) is 2.90. The first-order valence-corrected chi connectivity index (χ1v) is 5.51. The molecule has 0 aromatic heterocycles. The maximum atomic E-state index is 11.0. The molecule has 0 N–H and O–H groups in total. The quantitative estimate of drug-likeness (QED) is 0.733. The van der Waals surface area contributed by atoms with Gasteiger partial charge in [0.25, 0.3) is 0 Å². The molecule has 0 amide bonds. The van der Waals surface area contributed by atoms with Gasteiger partial charge in [-0.25, -0.2) is 0 Å². The molecule has 0 aliphatic carbocycles. The maximum absolute atomic E-state index is 11.0. The molecule has 0 aliphatic rings. The summed E-state index contributed by atoms with van der Waals surface area (Å²) in [4.78, 5) is 11.0. The molecule has 1 aromatic carbocycles. The molecule has 2 heteroatoms. The number of benzene rings is 1. The van der Waals surface area contributed by atoms with Crippen molar-refractivity contribution < 1.29 is 4.79 Å². The van der Waals surface area contributed by atoms with Gasteiger partial charge < -0.3 is 0 Å². The van der Waals surface area contributed by atoms with Crippen LogP contribution in [0.1, 0.15) is 18.9 Å². The van der Waals surface area contributed by atoms with E-state index in [4.69, 9.17) is 0 Å². The molecule has 0 aliphatic heterocycles. The third-order valence-corrected chi connectivity index (χ3v) is 2.80. The Bertz CT molecular complexity index is 256. The van der Waals surface area contributed by atoms with Crippen molar-refractivity contribution in [1.29, 1.82) is 0 Å². The Hall–Kier alpha value is -0.760. The van der Waals surface area contributed by atoms with Crippen molar-refractivity contribution in [1.82, 2.24) is 0 Å². The van der Waals surface area contributed by atoms with Gasteiger partial charge in [0.05, 0.1) is 0 Å². The summed E-state index contributed by atoms with van der Waals surface area (Å²) in [6.07, 6.45) is 1.62. The van der Waals surface area contributed by atoms with E-state index in [-0.39, 0.29) is 5.12 Å². The smallest absolute Gasteiger partial charge is 0.188 e. The molecule has 13 heavy (non-hydrogen) atoms. The molecule has 0 saturated carbocycles. The fraction of sp³-hybridized carbons (Fsp3) is 0.364. The van der Waals surface area contributed by atoms with E-state index in [2.05, 4.69) is 12.1 Å². The Morgan fingerprint density at radius 1 is 1.31 bits per heavy atom. The molecule has 1 rings (SSSR count). The molecule has 0 unspecified atom stereocenters. The zero-order valence-corrected chi connectivity index (χ0v) is 8.64. The van der Waals surface area contributed by atoms with Crippen LogP contribution in [0.2, 0.25) is 0 Å². The Labute approximate surface area is 83.5 Å². The minimum Gasteiger partial charge on any atom is -0.287 e. The second-order valence-corrected chi connectivity index (χ2v) is 3.96. The molecule has 0 bridgehead atoms. The van der Waals surface area contributed by atoms with E-state index in [9.17, 15) is 4.79 Å². The third-order valence-electron chi connectivity index (χ3n) is 1.79. The first-order valence-electron chi connectivity index (χ1n) is 4.52. The summed E-state index contributed by atoms with van der Waals surface area (Å²) in [5, 5.41) is 0.288. The maximum Gasteiger partial charge on any atom is 0.188 e. The number of carbonyl (C=O) groups is 1. The summed E-state index contributed by atoms with van der Waals surface area (Å²) in [5.41, 5.74) is 1.30. The van der Waals surface area contributed by atoms with E-state index in [1.807, 2.05) is 25.1 Å².